The average Bonchev–Trinajstić information content (AvgIpc) is 2.67. The van der Waals surface area contributed by atoms with Gasteiger partial charge >= 0.3 is 0 Å². The quantitative estimate of drug-likeness (QED) is 0.915. The summed E-state index contributed by atoms with van der Waals surface area (Å²) in [5, 5.41) is 2.96. The highest BCUT2D eigenvalue weighted by Crippen LogP contribution is 2.23. The number of benzene rings is 1. The first-order valence-electron chi connectivity index (χ1n) is 4.86. The van der Waals surface area contributed by atoms with Crippen LogP contribution in [-0.2, 0) is 6.54 Å². The first kappa shape index (κ1) is 12.3. The van der Waals surface area contributed by atoms with Crippen molar-refractivity contribution in [1.82, 2.24) is 4.98 Å². The largest absolute Gasteiger partial charge is 0.380 e. The fourth-order valence-corrected chi connectivity index (χ4v) is 2.29. The predicted octanol–water partition coefficient (Wildman–Crippen LogP) is 4.00. The lowest BCUT2D eigenvalue weighted by Crippen LogP contribution is -2.01. The summed E-state index contributed by atoms with van der Waals surface area (Å²) in [4.78, 5) is 4.78. The summed E-state index contributed by atoms with van der Waals surface area (Å²) in [7, 11) is 0. The Balaban J connectivity index is 2.14. The zero-order valence-corrected chi connectivity index (χ0v) is 10.5. The molecule has 0 aliphatic heterocycles. The van der Waals surface area contributed by atoms with Gasteiger partial charge in [0, 0.05) is 28.4 Å². The van der Waals surface area contributed by atoms with E-state index in [4.69, 9.17) is 11.6 Å². The van der Waals surface area contributed by atoms with Crippen LogP contribution in [0.15, 0.2) is 18.3 Å². The van der Waals surface area contributed by atoms with Gasteiger partial charge in [-0.15, -0.1) is 11.3 Å². The molecule has 0 aliphatic rings. The van der Waals surface area contributed by atoms with E-state index >= 15 is 0 Å². The highest BCUT2D eigenvalue weighted by molar-refractivity contribution is 7.15. The van der Waals surface area contributed by atoms with E-state index in [1.54, 1.807) is 13.1 Å². The highest BCUT2D eigenvalue weighted by Gasteiger charge is 2.07. The standard InChI is InChI=1S/C11H9ClF2N2S/c1-6-9(14)2-7(13)3-10(6)15-4-8-5-16-11(12)17-8/h2-3,5,15H,4H2,1H3. The van der Waals surface area contributed by atoms with E-state index < -0.39 is 11.6 Å². The number of rotatable bonds is 3. The predicted molar refractivity (Wildman–Crippen MR) is 65.5 cm³/mol. The van der Waals surface area contributed by atoms with Crippen molar-refractivity contribution in [3.63, 3.8) is 0 Å². The molecule has 0 bridgehead atoms. The van der Waals surface area contributed by atoms with Gasteiger partial charge in [0.1, 0.15) is 11.6 Å². The molecule has 17 heavy (non-hydrogen) atoms. The number of thiazole rings is 1. The lowest BCUT2D eigenvalue weighted by molar-refractivity contribution is 0.578. The maximum Gasteiger partial charge on any atom is 0.183 e. The van der Waals surface area contributed by atoms with E-state index in [-0.39, 0.29) is 0 Å². The number of hydrogen-bond donors (Lipinski definition) is 1. The number of aromatic nitrogens is 1. The molecule has 0 amide bonds. The van der Waals surface area contributed by atoms with Crippen molar-refractivity contribution in [3.8, 4) is 0 Å². The van der Waals surface area contributed by atoms with E-state index in [2.05, 4.69) is 10.3 Å². The normalized spacial score (nSPS) is 10.6. The van der Waals surface area contributed by atoms with E-state index in [1.807, 2.05) is 0 Å². The molecule has 0 fully saturated rings. The van der Waals surface area contributed by atoms with Crippen molar-refractivity contribution in [2.45, 2.75) is 13.5 Å². The van der Waals surface area contributed by atoms with Crippen molar-refractivity contribution in [1.29, 1.82) is 0 Å². The van der Waals surface area contributed by atoms with Gasteiger partial charge in [0.15, 0.2) is 4.47 Å². The maximum absolute atomic E-state index is 13.3. The van der Waals surface area contributed by atoms with Crippen LogP contribution in [0.3, 0.4) is 0 Å². The molecule has 0 saturated heterocycles. The monoisotopic (exact) mass is 274 g/mol. The van der Waals surface area contributed by atoms with Crippen LogP contribution in [0.5, 0.6) is 0 Å². The van der Waals surface area contributed by atoms with Gasteiger partial charge in [0.05, 0.1) is 6.54 Å². The molecule has 2 aromatic rings. The number of nitrogens with one attached hydrogen (secondary N) is 1. The Morgan fingerprint density at radius 2 is 2.18 bits per heavy atom. The molecule has 2 nitrogen and oxygen atoms in total. The molecule has 2 rings (SSSR count). The van der Waals surface area contributed by atoms with Crippen LogP contribution in [-0.4, -0.2) is 4.98 Å². The molecule has 0 saturated carbocycles. The molecule has 0 spiro atoms. The minimum atomic E-state index is -0.599. The smallest absolute Gasteiger partial charge is 0.183 e. The molecule has 1 N–H and O–H groups in total. The summed E-state index contributed by atoms with van der Waals surface area (Å²) < 4.78 is 26.7. The zero-order chi connectivity index (χ0) is 12.4. The Morgan fingerprint density at radius 3 is 2.82 bits per heavy atom. The number of nitrogens with zero attached hydrogens (tertiary/aromatic N) is 1. The second-order valence-electron chi connectivity index (χ2n) is 3.49. The van der Waals surface area contributed by atoms with Crippen LogP contribution in [0.4, 0.5) is 14.5 Å². The summed E-state index contributed by atoms with van der Waals surface area (Å²) in [6, 6.07) is 2.13. The first-order chi connectivity index (χ1) is 8.06. The molecule has 6 heteroatoms. The van der Waals surface area contributed by atoms with Gasteiger partial charge in [-0.2, -0.15) is 0 Å². The summed E-state index contributed by atoms with van der Waals surface area (Å²) in [5.74, 6) is -1.16. The minimum absolute atomic E-state index is 0.391. The van der Waals surface area contributed by atoms with Gasteiger partial charge in [-0.1, -0.05) is 11.6 Å². The first-order valence-corrected chi connectivity index (χ1v) is 6.05. The highest BCUT2D eigenvalue weighted by atomic mass is 35.5. The van der Waals surface area contributed by atoms with Crippen molar-refractivity contribution in [2.75, 3.05) is 5.32 Å². The van der Waals surface area contributed by atoms with Crippen molar-refractivity contribution in [2.24, 2.45) is 0 Å². The molecule has 1 aromatic heterocycles. The summed E-state index contributed by atoms with van der Waals surface area (Å²) in [6.07, 6.45) is 1.63. The third-order valence-corrected chi connectivity index (χ3v) is 3.40. The van der Waals surface area contributed by atoms with Crippen molar-refractivity contribution < 1.29 is 8.78 Å². The lowest BCUT2D eigenvalue weighted by atomic mass is 10.2. The van der Waals surface area contributed by atoms with Crippen LogP contribution >= 0.6 is 22.9 Å². The lowest BCUT2D eigenvalue weighted by Gasteiger charge is -2.09. The van der Waals surface area contributed by atoms with Gasteiger partial charge in [-0.05, 0) is 13.0 Å². The average molecular weight is 275 g/mol. The molecular formula is C11H9ClF2N2S. The molecule has 0 unspecified atom stereocenters. The minimum Gasteiger partial charge on any atom is -0.380 e. The van der Waals surface area contributed by atoms with Crippen LogP contribution in [0, 0.1) is 18.6 Å². The Labute approximate surface area is 106 Å². The zero-order valence-electron chi connectivity index (χ0n) is 8.93. The molecule has 0 aliphatic carbocycles. The van der Waals surface area contributed by atoms with Gasteiger partial charge in [-0.3, -0.25) is 0 Å². The summed E-state index contributed by atoms with van der Waals surface area (Å²) in [5.41, 5.74) is 0.828. The molecular weight excluding hydrogens is 266 g/mol. The molecule has 1 aromatic carbocycles. The summed E-state index contributed by atoms with van der Waals surface area (Å²) in [6.45, 7) is 2.03. The molecule has 0 radical (unpaired) electrons. The van der Waals surface area contributed by atoms with E-state index in [0.717, 1.165) is 10.9 Å². The topological polar surface area (TPSA) is 24.9 Å². The summed E-state index contributed by atoms with van der Waals surface area (Å²) >= 11 is 7.01. The Hall–Kier alpha value is -1.20. The Bertz CT molecular complexity index is 542. The Morgan fingerprint density at radius 1 is 1.41 bits per heavy atom. The third kappa shape index (κ3) is 2.92. The number of halogens is 3. The van der Waals surface area contributed by atoms with Crippen LogP contribution < -0.4 is 5.32 Å². The fraction of sp³-hybridized carbons (Fsp3) is 0.182. The third-order valence-electron chi connectivity index (χ3n) is 2.29. The van der Waals surface area contributed by atoms with Gasteiger partial charge < -0.3 is 5.32 Å². The van der Waals surface area contributed by atoms with Gasteiger partial charge in [0.25, 0.3) is 0 Å². The van der Waals surface area contributed by atoms with Crippen molar-refractivity contribution >= 4 is 28.6 Å². The fourth-order valence-electron chi connectivity index (χ4n) is 1.38. The second kappa shape index (κ2) is 4.98. The van der Waals surface area contributed by atoms with E-state index in [1.165, 1.54) is 17.4 Å². The Kier molecular flexibility index (Phi) is 3.59. The molecule has 90 valence electrons. The maximum atomic E-state index is 13.3. The van der Waals surface area contributed by atoms with Crippen LogP contribution in [0.1, 0.15) is 10.4 Å². The molecule has 1 heterocycles. The number of anilines is 1. The second-order valence-corrected chi connectivity index (χ2v) is 5.19. The van der Waals surface area contributed by atoms with Crippen LogP contribution in [0.25, 0.3) is 0 Å². The molecule has 0 atom stereocenters. The van der Waals surface area contributed by atoms with Gasteiger partial charge in [0.2, 0.25) is 0 Å². The number of hydrogen-bond acceptors (Lipinski definition) is 3. The SMILES string of the molecule is Cc1c(F)cc(F)cc1NCc1cnc(Cl)s1. The van der Waals surface area contributed by atoms with Crippen LogP contribution in [0.2, 0.25) is 4.47 Å². The van der Waals surface area contributed by atoms with E-state index in [9.17, 15) is 8.78 Å². The van der Waals surface area contributed by atoms with E-state index in [0.29, 0.717) is 22.3 Å². The van der Waals surface area contributed by atoms with Gasteiger partial charge in [-0.25, -0.2) is 13.8 Å². The van der Waals surface area contributed by atoms with Crippen molar-refractivity contribution in [3.05, 3.63) is 44.9 Å².